The molecule has 0 N–H and O–H groups in total. The molecule has 0 bridgehead atoms. The third-order valence-corrected chi connectivity index (χ3v) is 7.51. The predicted octanol–water partition coefficient (Wildman–Crippen LogP) is 2.90. The molecule has 0 saturated heterocycles. The van der Waals surface area contributed by atoms with E-state index in [9.17, 15) is 0 Å². The zero-order valence-electron chi connectivity index (χ0n) is 12.8. The number of rotatable bonds is 9. The third kappa shape index (κ3) is 4.57. The van der Waals surface area contributed by atoms with Gasteiger partial charge in [-0.1, -0.05) is 45.9 Å². The zero-order valence-corrected chi connectivity index (χ0v) is 13.9. The van der Waals surface area contributed by atoms with E-state index in [0.29, 0.717) is 5.79 Å². The molecule has 0 spiro atoms. The Hall–Kier alpha value is -0.123. The summed E-state index contributed by atoms with van der Waals surface area (Å²) in [6.45, 7) is 22.5. The molecule has 2 nitrogen and oxygen atoms in total. The van der Waals surface area contributed by atoms with Crippen LogP contribution in [0.25, 0.3) is 0 Å². The van der Waals surface area contributed by atoms with Crippen molar-refractivity contribution in [2.24, 2.45) is 0 Å². The molecule has 0 aliphatic carbocycles. The number of hydrogen-bond acceptors (Lipinski definition) is 2. The molecule has 0 saturated carbocycles. The first kappa shape index (κ1) is 16.9. The lowest BCUT2D eigenvalue weighted by Crippen LogP contribution is -2.57. The van der Waals surface area contributed by atoms with Crippen LogP contribution in [0.1, 0.15) is 41.5 Å². The highest BCUT2D eigenvalue weighted by molar-refractivity contribution is 6.67. The average Bonchev–Trinajstić information content (AvgIpc) is 2.32. The van der Waals surface area contributed by atoms with Crippen LogP contribution in [0, 0.1) is 0 Å². The molecule has 0 aromatic heterocycles. The second-order valence-electron chi connectivity index (χ2n) is 4.72. The minimum atomic E-state index is -0.930. The van der Waals surface area contributed by atoms with E-state index >= 15 is 0 Å². The van der Waals surface area contributed by atoms with Gasteiger partial charge >= 0.3 is 0 Å². The smallest absolute Gasteiger partial charge is 0.101 e. The van der Waals surface area contributed by atoms with E-state index in [-0.39, 0.29) is 0 Å². The summed E-state index contributed by atoms with van der Waals surface area (Å²) in [5, 5.41) is 1.45. The van der Waals surface area contributed by atoms with E-state index in [4.69, 9.17) is 0 Å². The van der Waals surface area contributed by atoms with Crippen molar-refractivity contribution >= 4 is 8.80 Å². The number of nitrogens with zero attached hydrogens (tertiary/aromatic N) is 2. The molecule has 0 aromatic carbocycles. The monoisotopic (exact) mass is 256 g/mol. The Balaban J connectivity index is 5.11. The molecule has 0 fully saturated rings. The van der Waals surface area contributed by atoms with E-state index in [1.54, 1.807) is 0 Å². The molecular formula is C14H32N2Si. The van der Waals surface area contributed by atoms with Gasteiger partial charge in [-0.15, -0.1) is 6.58 Å². The Labute approximate surface area is 110 Å². The Morgan fingerprint density at radius 3 is 1.47 bits per heavy atom. The van der Waals surface area contributed by atoms with E-state index in [1.807, 2.05) is 0 Å². The molecule has 0 aliphatic heterocycles. The summed E-state index contributed by atoms with van der Waals surface area (Å²) >= 11 is 0. The zero-order chi connectivity index (χ0) is 13.4. The van der Waals surface area contributed by atoms with Crippen LogP contribution in [-0.2, 0) is 0 Å². The van der Waals surface area contributed by atoms with E-state index < -0.39 is 8.80 Å². The lowest BCUT2D eigenvalue weighted by Gasteiger charge is -2.42. The van der Waals surface area contributed by atoms with Gasteiger partial charge in [-0.05, 0) is 33.1 Å². The summed E-state index contributed by atoms with van der Waals surface area (Å²) < 4.78 is 0. The third-order valence-electron chi connectivity index (χ3n) is 3.81. The SMILES string of the molecule is C=C(C)[SiH](CC)C(N(CC)CC)N(CC)CC. The molecule has 0 radical (unpaired) electrons. The minimum absolute atomic E-state index is 0.655. The first-order valence-electron chi connectivity index (χ1n) is 7.20. The highest BCUT2D eigenvalue weighted by Crippen LogP contribution is 2.17. The van der Waals surface area contributed by atoms with Crippen molar-refractivity contribution in [3.05, 3.63) is 11.8 Å². The summed E-state index contributed by atoms with van der Waals surface area (Å²) in [6.07, 6.45) is 0. The van der Waals surface area contributed by atoms with Gasteiger partial charge in [-0.3, -0.25) is 9.80 Å². The van der Waals surface area contributed by atoms with Gasteiger partial charge in [-0.2, -0.15) is 0 Å². The maximum absolute atomic E-state index is 4.26. The summed E-state index contributed by atoms with van der Waals surface area (Å²) in [7, 11) is -0.930. The van der Waals surface area contributed by atoms with Gasteiger partial charge in [0.1, 0.15) is 8.80 Å². The molecule has 0 rings (SSSR count). The second kappa shape index (κ2) is 8.89. The Morgan fingerprint density at radius 1 is 0.941 bits per heavy atom. The maximum Gasteiger partial charge on any atom is 0.101 e. The lowest BCUT2D eigenvalue weighted by molar-refractivity contribution is 0.112. The fraction of sp³-hybridized carbons (Fsp3) is 0.857. The largest absolute Gasteiger partial charge is 0.291 e. The molecule has 0 amide bonds. The van der Waals surface area contributed by atoms with Crippen LogP contribution in [-0.4, -0.2) is 50.6 Å². The quantitative estimate of drug-likeness (QED) is 0.462. The molecule has 1 unspecified atom stereocenters. The van der Waals surface area contributed by atoms with Crippen molar-refractivity contribution in [2.75, 3.05) is 26.2 Å². The van der Waals surface area contributed by atoms with Crippen molar-refractivity contribution in [1.29, 1.82) is 0 Å². The second-order valence-corrected chi connectivity index (χ2v) is 8.33. The van der Waals surface area contributed by atoms with Crippen LogP contribution >= 0.6 is 0 Å². The molecule has 3 heteroatoms. The lowest BCUT2D eigenvalue weighted by atomic mass is 10.5. The molecule has 102 valence electrons. The average molecular weight is 257 g/mol. The standard InChI is InChI=1S/C14H32N2Si/c1-8-15(9-2)14(16(10-3)11-4)17(12-5)13(6)7/h14,17H,6,8-12H2,1-5,7H3. The van der Waals surface area contributed by atoms with Crippen molar-refractivity contribution < 1.29 is 0 Å². The van der Waals surface area contributed by atoms with Crippen LogP contribution in [0.2, 0.25) is 6.04 Å². The highest BCUT2D eigenvalue weighted by atomic mass is 28.3. The van der Waals surface area contributed by atoms with Crippen LogP contribution in [0.15, 0.2) is 11.8 Å². The Morgan fingerprint density at radius 2 is 1.29 bits per heavy atom. The molecule has 0 aliphatic rings. The highest BCUT2D eigenvalue weighted by Gasteiger charge is 2.30. The fourth-order valence-corrected chi connectivity index (χ4v) is 6.24. The van der Waals surface area contributed by atoms with Crippen LogP contribution < -0.4 is 0 Å². The molecule has 0 heterocycles. The molecule has 0 aromatic rings. The van der Waals surface area contributed by atoms with Crippen LogP contribution in [0.5, 0.6) is 0 Å². The summed E-state index contributed by atoms with van der Waals surface area (Å²) in [6, 6.07) is 1.31. The fourth-order valence-electron chi connectivity index (χ4n) is 2.75. The summed E-state index contributed by atoms with van der Waals surface area (Å²) in [4.78, 5) is 5.25. The van der Waals surface area contributed by atoms with E-state index in [0.717, 1.165) is 26.2 Å². The van der Waals surface area contributed by atoms with Gasteiger partial charge in [0.25, 0.3) is 0 Å². The summed E-state index contributed by atoms with van der Waals surface area (Å²) in [5.74, 6) is 0.655. The maximum atomic E-state index is 4.26. The van der Waals surface area contributed by atoms with Gasteiger partial charge in [0.05, 0.1) is 5.79 Å². The minimum Gasteiger partial charge on any atom is -0.291 e. The van der Waals surface area contributed by atoms with Gasteiger partial charge in [0.15, 0.2) is 0 Å². The Kier molecular flexibility index (Phi) is 8.83. The van der Waals surface area contributed by atoms with Crippen LogP contribution in [0.3, 0.4) is 0 Å². The first-order chi connectivity index (χ1) is 8.06. The molecule has 17 heavy (non-hydrogen) atoms. The van der Waals surface area contributed by atoms with Gasteiger partial charge in [-0.25, -0.2) is 0 Å². The van der Waals surface area contributed by atoms with Crippen molar-refractivity contribution in [2.45, 2.75) is 53.4 Å². The van der Waals surface area contributed by atoms with Crippen molar-refractivity contribution in [1.82, 2.24) is 9.80 Å². The Bertz CT molecular complexity index is 198. The van der Waals surface area contributed by atoms with Crippen LogP contribution in [0.4, 0.5) is 0 Å². The van der Waals surface area contributed by atoms with E-state index in [2.05, 4.69) is 57.9 Å². The van der Waals surface area contributed by atoms with E-state index in [1.165, 1.54) is 11.2 Å². The number of hydrogen-bond donors (Lipinski definition) is 0. The summed E-state index contributed by atoms with van der Waals surface area (Å²) in [5.41, 5.74) is 0. The van der Waals surface area contributed by atoms with Crippen molar-refractivity contribution in [3.8, 4) is 0 Å². The normalized spacial score (nSPS) is 13.7. The number of allylic oxidation sites excluding steroid dienone is 1. The molecule has 1 atom stereocenters. The topological polar surface area (TPSA) is 6.48 Å². The van der Waals surface area contributed by atoms with Crippen molar-refractivity contribution in [3.63, 3.8) is 0 Å². The molecular weight excluding hydrogens is 224 g/mol. The van der Waals surface area contributed by atoms with Gasteiger partial charge in [0.2, 0.25) is 0 Å². The first-order valence-corrected chi connectivity index (χ1v) is 9.26. The van der Waals surface area contributed by atoms with Gasteiger partial charge in [0, 0.05) is 0 Å². The predicted molar refractivity (Wildman–Crippen MR) is 82.1 cm³/mol. The van der Waals surface area contributed by atoms with Gasteiger partial charge < -0.3 is 0 Å².